The van der Waals surface area contributed by atoms with E-state index in [1.807, 2.05) is 0 Å². The normalized spacial score (nSPS) is 21.2. The molecule has 0 aromatic rings. The van der Waals surface area contributed by atoms with Crippen LogP contribution in [0.25, 0.3) is 0 Å². The monoisotopic (exact) mass is 256 g/mol. The van der Waals surface area contributed by atoms with Gasteiger partial charge in [-0.3, -0.25) is 0 Å². The van der Waals surface area contributed by atoms with Crippen molar-refractivity contribution < 1.29 is 4.74 Å². The molecule has 108 valence electrons. The average molecular weight is 256 g/mol. The number of rotatable bonds is 8. The van der Waals surface area contributed by atoms with E-state index in [1.54, 1.807) is 0 Å². The van der Waals surface area contributed by atoms with E-state index in [1.165, 1.54) is 38.6 Å². The molecule has 0 aliphatic carbocycles. The Balaban J connectivity index is 2.46. The lowest BCUT2D eigenvalue weighted by molar-refractivity contribution is 0.0466. The number of hydrogen-bond donors (Lipinski definition) is 1. The highest BCUT2D eigenvalue weighted by Crippen LogP contribution is 2.19. The van der Waals surface area contributed by atoms with E-state index < -0.39 is 0 Å². The zero-order valence-corrected chi connectivity index (χ0v) is 12.7. The molecule has 1 N–H and O–H groups in total. The van der Waals surface area contributed by atoms with Crippen LogP contribution < -0.4 is 5.32 Å². The van der Waals surface area contributed by atoms with E-state index in [9.17, 15) is 0 Å². The lowest BCUT2D eigenvalue weighted by Crippen LogP contribution is -2.48. The van der Waals surface area contributed by atoms with Gasteiger partial charge in [-0.1, -0.05) is 20.3 Å². The van der Waals surface area contributed by atoms with Gasteiger partial charge < -0.3 is 15.0 Å². The Morgan fingerprint density at radius 2 is 1.94 bits per heavy atom. The van der Waals surface area contributed by atoms with E-state index >= 15 is 0 Å². The second-order valence-electron chi connectivity index (χ2n) is 5.65. The fourth-order valence-electron chi connectivity index (χ4n) is 3.22. The van der Waals surface area contributed by atoms with Gasteiger partial charge in [-0.25, -0.2) is 0 Å². The van der Waals surface area contributed by atoms with Gasteiger partial charge >= 0.3 is 0 Å². The molecule has 2 atom stereocenters. The standard InChI is InChI=1S/C15H32N2O/c1-5-7-14(16-3)15(6-2)17(4)12-13-8-10-18-11-9-13/h13-16H,5-12H2,1-4H3. The summed E-state index contributed by atoms with van der Waals surface area (Å²) in [5, 5.41) is 3.51. The lowest BCUT2D eigenvalue weighted by Gasteiger charge is -2.37. The van der Waals surface area contributed by atoms with Crippen LogP contribution >= 0.6 is 0 Å². The number of hydrogen-bond acceptors (Lipinski definition) is 3. The van der Waals surface area contributed by atoms with E-state index in [-0.39, 0.29) is 0 Å². The summed E-state index contributed by atoms with van der Waals surface area (Å²) in [6.45, 7) is 7.73. The summed E-state index contributed by atoms with van der Waals surface area (Å²) >= 11 is 0. The molecule has 0 aromatic carbocycles. The molecule has 3 nitrogen and oxygen atoms in total. The van der Waals surface area contributed by atoms with Crippen molar-refractivity contribution in [1.82, 2.24) is 10.2 Å². The first-order valence-corrected chi connectivity index (χ1v) is 7.68. The van der Waals surface area contributed by atoms with Crippen LogP contribution in [0.15, 0.2) is 0 Å². The van der Waals surface area contributed by atoms with Crippen molar-refractivity contribution in [2.45, 2.75) is 58.0 Å². The molecule has 1 fully saturated rings. The third kappa shape index (κ3) is 4.87. The first-order valence-electron chi connectivity index (χ1n) is 7.68. The summed E-state index contributed by atoms with van der Waals surface area (Å²) in [5.74, 6) is 0.830. The Kier molecular flexibility index (Phi) is 7.87. The van der Waals surface area contributed by atoms with Crippen molar-refractivity contribution in [3.63, 3.8) is 0 Å². The van der Waals surface area contributed by atoms with Gasteiger partial charge in [0, 0.05) is 31.8 Å². The van der Waals surface area contributed by atoms with Gasteiger partial charge in [0.2, 0.25) is 0 Å². The van der Waals surface area contributed by atoms with Crippen molar-refractivity contribution in [2.75, 3.05) is 33.9 Å². The fourth-order valence-corrected chi connectivity index (χ4v) is 3.22. The number of nitrogens with zero attached hydrogens (tertiary/aromatic N) is 1. The number of likely N-dealkylation sites (N-methyl/N-ethyl adjacent to an activating group) is 2. The molecule has 18 heavy (non-hydrogen) atoms. The van der Waals surface area contributed by atoms with E-state index in [0.717, 1.165) is 19.1 Å². The molecular formula is C15H32N2O. The molecule has 0 spiro atoms. The van der Waals surface area contributed by atoms with Crippen molar-refractivity contribution in [1.29, 1.82) is 0 Å². The van der Waals surface area contributed by atoms with Gasteiger partial charge in [0.1, 0.15) is 0 Å². The highest BCUT2D eigenvalue weighted by Gasteiger charge is 2.24. The zero-order valence-electron chi connectivity index (χ0n) is 12.7. The van der Waals surface area contributed by atoms with Crippen molar-refractivity contribution in [2.24, 2.45) is 5.92 Å². The maximum absolute atomic E-state index is 5.44. The van der Waals surface area contributed by atoms with Crippen molar-refractivity contribution in [3.8, 4) is 0 Å². The van der Waals surface area contributed by atoms with Crippen LogP contribution in [0.4, 0.5) is 0 Å². The Morgan fingerprint density at radius 1 is 1.28 bits per heavy atom. The number of nitrogens with one attached hydrogen (secondary N) is 1. The largest absolute Gasteiger partial charge is 0.381 e. The van der Waals surface area contributed by atoms with Crippen LogP contribution in [0.5, 0.6) is 0 Å². The second kappa shape index (κ2) is 8.89. The van der Waals surface area contributed by atoms with Gasteiger partial charge in [0.15, 0.2) is 0 Å². The molecule has 2 unspecified atom stereocenters. The van der Waals surface area contributed by atoms with Crippen LogP contribution in [0, 0.1) is 5.92 Å². The smallest absolute Gasteiger partial charge is 0.0469 e. The van der Waals surface area contributed by atoms with E-state index in [4.69, 9.17) is 4.74 Å². The lowest BCUT2D eigenvalue weighted by atomic mass is 9.95. The maximum Gasteiger partial charge on any atom is 0.0469 e. The van der Waals surface area contributed by atoms with Crippen LogP contribution in [-0.2, 0) is 4.74 Å². The summed E-state index contributed by atoms with van der Waals surface area (Å²) in [6, 6.07) is 1.29. The number of ether oxygens (including phenoxy) is 1. The molecule has 1 aliphatic heterocycles. The van der Waals surface area contributed by atoms with Gasteiger partial charge in [-0.05, 0) is 45.7 Å². The van der Waals surface area contributed by atoms with Crippen molar-refractivity contribution >= 4 is 0 Å². The Labute approximate surface area is 113 Å². The van der Waals surface area contributed by atoms with Gasteiger partial charge in [-0.15, -0.1) is 0 Å². The topological polar surface area (TPSA) is 24.5 Å². The first kappa shape index (κ1) is 15.9. The predicted octanol–water partition coefficient (Wildman–Crippen LogP) is 2.51. The molecule has 0 bridgehead atoms. The molecule has 3 heteroatoms. The average Bonchev–Trinajstić information content (AvgIpc) is 2.39. The maximum atomic E-state index is 5.44. The second-order valence-corrected chi connectivity index (χ2v) is 5.65. The first-order chi connectivity index (χ1) is 8.72. The summed E-state index contributed by atoms with van der Waals surface area (Å²) < 4.78 is 5.44. The van der Waals surface area contributed by atoms with Gasteiger partial charge in [0.25, 0.3) is 0 Å². The molecule has 0 aromatic heterocycles. The summed E-state index contributed by atoms with van der Waals surface area (Å²) in [7, 11) is 4.40. The van der Waals surface area contributed by atoms with Crippen LogP contribution in [0.3, 0.4) is 0 Å². The SMILES string of the molecule is CCCC(NC)C(CC)N(C)CC1CCOCC1. The molecule has 0 radical (unpaired) electrons. The quantitative estimate of drug-likeness (QED) is 0.722. The van der Waals surface area contributed by atoms with E-state index in [0.29, 0.717) is 12.1 Å². The molecule has 1 aliphatic rings. The third-order valence-electron chi connectivity index (χ3n) is 4.31. The van der Waals surface area contributed by atoms with Crippen LogP contribution in [-0.4, -0.2) is 50.8 Å². The molecule has 1 saturated heterocycles. The molecule has 0 amide bonds. The fraction of sp³-hybridized carbons (Fsp3) is 1.00. The van der Waals surface area contributed by atoms with Gasteiger partial charge in [0.05, 0.1) is 0 Å². The molecule has 0 saturated carbocycles. The summed E-state index contributed by atoms with van der Waals surface area (Å²) in [5.41, 5.74) is 0. The Hall–Kier alpha value is -0.120. The minimum absolute atomic E-state index is 0.629. The highest BCUT2D eigenvalue weighted by molar-refractivity contribution is 4.82. The van der Waals surface area contributed by atoms with Crippen LogP contribution in [0.2, 0.25) is 0 Å². The molecular weight excluding hydrogens is 224 g/mol. The zero-order chi connectivity index (χ0) is 13.4. The predicted molar refractivity (Wildman–Crippen MR) is 78.0 cm³/mol. The highest BCUT2D eigenvalue weighted by atomic mass is 16.5. The Morgan fingerprint density at radius 3 is 2.44 bits per heavy atom. The summed E-state index contributed by atoms with van der Waals surface area (Å²) in [6.07, 6.45) is 6.23. The third-order valence-corrected chi connectivity index (χ3v) is 4.31. The van der Waals surface area contributed by atoms with E-state index in [2.05, 4.69) is 38.2 Å². The van der Waals surface area contributed by atoms with Crippen LogP contribution in [0.1, 0.15) is 46.0 Å². The minimum atomic E-state index is 0.629. The molecule has 1 rings (SSSR count). The summed E-state index contributed by atoms with van der Waals surface area (Å²) in [4.78, 5) is 2.58. The molecule has 1 heterocycles. The van der Waals surface area contributed by atoms with Gasteiger partial charge in [-0.2, -0.15) is 0 Å². The Bertz CT molecular complexity index is 205. The van der Waals surface area contributed by atoms with Crippen molar-refractivity contribution in [3.05, 3.63) is 0 Å². The minimum Gasteiger partial charge on any atom is -0.381 e.